The number of carbonyl (C=O) groups is 2. The first-order valence-corrected chi connectivity index (χ1v) is 6.05. The van der Waals surface area contributed by atoms with E-state index in [-0.39, 0.29) is 6.61 Å². The number of carbonyl (C=O) groups excluding carboxylic acids is 2. The van der Waals surface area contributed by atoms with E-state index >= 15 is 0 Å². The molecule has 0 aliphatic carbocycles. The number of halogens is 1. The summed E-state index contributed by atoms with van der Waals surface area (Å²) in [7, 11) is 0. The van der Waals surface area contributed by atoms with Gasteiger partial charge in [0, 0.05) is 10.7 Å². The van der Waals surface area contributed by atoms with Crippen LogP contribution >= 0.6 is 11.6 Å². The number of hydrogen-bond acceptors (Lipinski definition) is 4. The standard InChI is InChI=1S/C12H15ClN2O4/c1-3-18-11(16)8(2)19-15-12(17)14-10-6-4-9(13)5-7-10/h4-8H,3H2,1-2H3,(H2,14,15,17)/t8-/m0/s1. The summed E-state index contributed by atoms with van der Waals surface area (Å²) in [6.45, 7) is 3.41. The number of esters is 1. The van der Waals surface area contributed by atoms with Crippen LogP contribution in [0.25, 0.3) is 0 Å². The summed E-state index contributed by atoms with van der Waals surface area (Å²) in [4.78, 5) is 27.5. The zero-order valence-electron chi connectivity index (χ0n) is 10.6. The Kier molecular flexibility index (Phi) is 6.11. The van der Waals surface area contributed by atoms with Crippen molar-refractivity contribution in [1.29, 1.82) is 0 Å². The summed E-state index contributed by atoms with van der Waals surface area (Å²) in [5, 5.41) is 3.08. The fourth-order valence-electron chi connectivity index (χ4n) is 1.14. The van der Waals surface area contributed by atoms with Crippen molar-refractivity contribution >= 4 is 29.3 Å². The third kappa shape index (κ3) is 5.58. The minimum absolute atomic E-state index is 0.253. The summed E-state index contributed by atoms with van der Waals surface area (Å²) in [5.74, 6) is -0.547. The van der Waals surface area contributed by atoms with Crippen molar-refractivity contribution in [3.05, 3.63) is 29.3 Å². The second-order valence-electron chi connectivity index (χ2n) is 3.58. The molecule has 6 nitrogen and oxygen atoms in total. The van der Waals surface area contributed by atoms with Crippen molar-refractivity contribution in [3.8, 4) is 0 Å². The van der Waals surface area contributed by atoms with E-state index in [1.165, 1.54) is 6.92 Å². The molecule has 1 aromatic carbocycles. The second-order valence-corrected chi connectivity index (χ2v) is 4.01. The van der Waals surface area contributed by atoms with E-state index in [9.17, 15) is 9.59 Å². The second kappa shape index (κ2) is 7.60. The molecule has 0 heterocycles. The molecule has 0 aliphatic rings. The molecule has 0 aromatic heterocycles. The highest BCUT2D eigenvalue weighted by molar-refractivity contribution is 6.30. The van der Waals surface area contributed by atoms with Crippen molar-refractivity contribution in [2.75, 3.05) is 11.9 Å². The predicted octanol–water partition coefficient (Wildman–Crippen LogP) is 2.34. The van der Waals surface area contributed by atoms with E-state index in [0.29, 0.717) is 10.7 Å². The molecule has 0 saturated heterocycles. The molecule has 0 saturated carbocycles. The van der Waals surface area contributed by atoms with Crippen LogP contribution in [0.3, 0.4) is 0 Å². The summed E-state index contributed by atoms with van der Waals surface area (Å²) in [6, 6.07) is 5.95. The van der Waals surface area contributed by atoms with E-state index in [0.717, 1.165) is 0 Å². The van der Waals surface area contributed by atoms with Crippen LogP contribution in [-0.2, 0) is 14.4 Å². The van der Waals surface area contributed by atoms with Gasteiger partial charge < -0.3 is 10.1 Å². The highest BCUT2D eigenvalue weighted by Crippen LogP contribution is 2.13. The number of urea groups is 1. The Bertz CT molecular complexity index is 436. The average Bonchev–Trinajstić information content (AvgIpc) is 2.39. The SMILES string of the molecule is CCOC(=O)[C@H](C)ONC(=O)Nc1ccc(Cl)cc1. The van der Waals surface area contributed by atoms with Gasteiger partial charge in [0.25, 0.3) is 0 Å². The Hall–Kier alpha value is -1.79. The smallest absolute Gasteiger partial charge is 0.343 e. The first-order chi connectivity index (χ1) is 9.02. The molecule has 104 valence electrons. The van der Waals surface area contributed by atoms with Gasteiger partial charge in [0.15, 0.2) is 6.10 Å². The number of hydroxylamine groups is 1. The molecule has 2 amide bonds. The Morgan fingerprint density at radius 1 is 1.32 bits per heavy atom. The zero-order valence-corrected chi connectivity index (χ0v) is 11.4. The minimum Gasteiger partial charge on any atom is -0.464 e. The maximum atomic E-state index is 11.4. The highest BCUT2D eigenvalue weighted by atomic mass is 35.5. The van der Waals surface area contributed by atoms with E-state index in [2.05, 4.69) is 10.8 Å². The van der Waals surface area contributed by atoms with Gasteiger partial charge in [-0.3, -0.25) is 4.84 Å². The quantitative estimate of drug-likeness (QED) is 0.643. The van der Waals surface area contributed by atoms with Crippen LogP contribution in [0, 0.1) is 0 Å². The normalized spacial score (nSPS) is 11.5. The van der Waals surface area contributed by atoms with E-state index in [4.69, 9.17) is 21.2 Å². The molecular weight excluding hydrogens is 272 g/mol. The molecule has 0 spiro atoms. The molecular formula is C12H15ClN2O4. The Morgan fingerprint density at radius 3 is 2.53 bits per heavy atom. The van der Waals surface area contributed by atoms with Gasteiger partial charge in [-0.05, 0) is 38.1 Å². The number of nitrogens with one attached hydrogen (secondary N) is 2. The lowest BCUT2D eigenvalue weighted by Gasteiger charge is -2.12. The predicted molar refractivity (Wildman–Crippen MR) is 70.8 cm³/mol. The first kappa shape index (κ1) is 15.3. The lowest BCUT2D eigenvalue weighted by atomic mass is 10.3. The van der Waals surface area contributed by atoms with Crippen LogP contribution in [0.1, 0.15) is 13.8 Å². The molecule has 0 fully saturated rings. The lowest BCUT2D eigenvalue weighted by Crippen LogP contribution is -2.36. The van der Waals surface area contributed by atoms with Crippen molar-refractivity contribution < 1.29 is 19.2 Å². The molecule has 7 heteroatoms. The number of ether oxygens (including phenoxy) is 1. The molecule has 19 heavy (non-hydrogen) atoms. The van der Waals surface area contributed by atoms with Gasteiger partial charge in [-0.1, -0.05) is 11.6 Å². The number of rotatable bonds is 5. The molecule has 0 radical (unpaired) electrons. The molecule has 2 N–H and O–H groups in total. The fraction of sp³-hybridized carbons (Fsp3) is 0.333. The first-order valence-electron chi connectivity index (χ1n) is 5.67. The molecule has 1 aromatic rings. The van der Waals surface area contributed by atoms with Gasteiger partial charge in [0.05, 0.1) is 6.61 Å². The zero-order chi connectivity index (χ0) is 14.3. The van der Waals surface area contributed by atoms with E-state index < -0.39 is 18.1 Å². The summed E-state index contributed by atoms with van der Waals surface area (Å²) in [5.41, 5.74) is 2.65. The number of benzene rings is 1. The van der Waals surface area contributed by atoms with Crippen molar-refractivity contribution in [3.63, 3.8) is 0 Å². The molecule has 0 unspecified atom stereocenters. The summed E-state index contributed by atoms with van der Waals surface area (Å²) in [6.07, 6.45) is -0.879. The van der Waals surface area contributed by atoms with Gasteiger partial charge in [0.1, 0.15) is 0 Å². The molecule has 1 rings (SSSR count). The topological polar surface area (TPSA) is 76.7 Å². The molecule has 0 aliphatic heterocycles. The number of hydrogen-bond donors (Lipinski definition) is 2. The third-order valence-corrected chi connectivity index (χ3v) is 2.30. The van der Waals surface area contributed by atoms with Gasteiger partial charge in [-0.25, -0.2) is 15.1 Å². The van der Waals surface area contributed by atoms with Crippen LogP contribution in [-0.4, -0.2) is 24.7 Å². The van der Waals surface area contributed by atoms with Crippen LogP contribution in [0.15, 0.2) is 24.3 Å². The van der Waals surface area contributed by atoms with Crippen LogP contribution in [0.4, 0.5) is 10.5 Å². The maximum absolute atomic E-state index is 11.4. The minimum atomic E-state index is -0.879. The monoisotopic (exact) mass is 286 g/mol. The Labute approximate surface area is 116 Å². The van der Waals surface area contributed by atoms with Crippen molar-refractivity contribution in [2.24, 2.45) is 0 Å². The van der Waals surface area contributed by atoms with Gasteiger partial charge >= 0.3 is 12.0 Å². The van der Waals surface area contributed by atoms with Gasteiger partial charge in [-0.2, -0.15) is 0 Å². The fourth-order valence-corrected chi connectivity index (χ4v) is 1.27. The Morgan fingerprint density at radius 2 is 1.95 bits per heavy atom. The number of anilines is 1. The maximum Gasteiger partial charge on any atom is 0.343 e. The summed E-state index contributed by atoms with van der Waals surface area (Å²) < 4.78 is 4.72. The Balaban J connectivity index is 2.35. The average molecular weight is 287 g/mol. The van der Waals surface area contributed by atoms with Crippen LogP contribution in [0.5, 0.6) is 0 Å². The largest absolute Gasteiger partial charge is 0.464 e. The third-order valence-electron chi connectivity index (χ3n) is 2.05. The lowest BCUT2D eigenvalue weighted by molar-refractivity contribution is -0.158. The number of amides is 2. The van der Waals surface area contributed by atoms with Crippen molar-refractivity contribution in [2.45, 2.75) is 20.0 Å². The van der Waals surface area contributed by atoms with Crippen LogP contribution in [0.2, 0.25) is 5.02 Å². The highest BCUT2D eigenvalue weighted by Gasteiger charge is 2.16. The van der Waals surface area contributed by atoms with Crippen molar-refractivity contribution in [1.82, 2.24) is 5.48 Å². The van der Waals surface area contributed by atoms with E-state index in [1.807, 2.05) is 0 Å². The molecule has 1 atom stereocenters. The van der Waals surface area contributed by atoms with E-state index in [1.54, 1.807) is 31.2 Å². The van der Waals surface area contributed by atoms with Gasteiger partial charge in [-0.15, -0.1) is 0 Å². The van der Waals surface area contributed by atoms with Crippen LogP contribution < -0.4 is 10.8 Å². The van der Waals surface area contributed by atoms with Gasteiger partial charge in [0.2, 0.25) is 0 Å². The summed E-state index contributed by atoms with van der Waals surface area (Å²) >= 11 is 5.71. The molecule has 0 bridgehead atoms.